The maximum Gasteiger partial charge on any atom is 0.243 e. The van der Waals surface area contributed by atoms with Crippen LogP contribution in [0, 0.1) is 5.82 Å². The Morgan fingerprint density at radius 3 is 2.60 bits per heavy atom. The summed E-state index contributed by atoms with van der Waals surface area (Å²) in [6.45, 7) is 3.69. The highest BCUT2D eigenvalue weighted by Gasteiger charge is 2.37. The average Bonchev–Trinajstić information content (AvgIpc) is 3.33. The summed E-state index contributed by atoms with van der Waals surface area (Å²) in [5.41, 5.74) is 1.97. The summed E-state index contributed by atoms with van der Waals surface area (Å²) in [5.74, 6) is -0.325. The molecule has 35 heavy (non-hydrogen) atoms. The molecule has 2 aliphatic rings. The maximum absolute atomic E-state index is 14.1. The zero-order valence-electron chi connectivity index (χ0n) is 19.5. The zero-order valence-corrected chi connectivity index (χ0v) is 21.1. The van der Waals surface area contributed by atoms with E-state index in [9.17, 15) is 17.6 Å². The summed E-state index contributed by atoms with van der Waals surface area (Å²) >= 11 is 1.70. The predicted molar refractivity (Wildman–Crippen MR) is 134 cm³/mol. The lowest BCUT2D eigenvalue weighted by molar-refractivity contribution is -0.135. The molecular formula is C26H28FN3O3S2. The van der Waals surface area contributed by atoms with Crippen molar-refractivity contribution < 1.29 is 17.6 Å². The standard InChI is InChI=1S/C26H28FN3O3S2/c1-19-17-28(13-14-30(19)35(32,33)22-8-3-2-4-9-22)25(31)18-29-12-10-24-23(11-15-34-24)26(29)20-6-5-7-21(27)16-20/h2-9,11,15-16,19,26H,10,12-14,17-18H2,1H3/t19-,26-/m0/s1. The van der Waals surface area contributed by atoms with E-state index >= 15 is 0 Å². The van der Waals surface area contributed by atoms with Crippen LogP contribution in [0.1, 0.15) is 29.0 Å². The van der Waals surface area contributed by atoms with Crippen molar-refractivity contribution >= 4 is 27.3 Å². The third-order valence-corrected chi connectivity index (χ3v) is 9.86. The number of hydrogen-bond donors (Lipinski definition) is 0. The number of sulfonamides is 1. The number of amides is 1. The Labute approximate surface area is 209 Å². The predicted octanol–water partition coefficient (Wildman–Crippen LogP) is 3.76. The number of nitrogens with zero attached hydrogens (tertiary/aromatic N) is 3. The molecule has 2 aromatic carbocycles. The van der Waals surface area contributed by atoms with Crippen molar-refractivity contribution in [1.29, 1.82) is 0 Å². The van der Waals surface area contributed by atoms with E-state index < -0.39 is 10.0 Å². The summed E-state index contributed by atoms with van der Waals surface area (Å²) in [6.07, 6.45) is 0.853. The Balaban J connectivity index is 1.31. The van der Waals surface area contributed by atoms with Gasteiger partial charge in [0.15, 0.2) is 0 Å². The molecule has 5 rings (SSSR count). The van der Waals surface area contributed by atoms with Crippen LogP contribution in [-0.4, -0.2) is 67.2 Å². The lowest BCUT2D eigenvalue weighted by Crippen LogP contribution is -2.57. The monoisotopic (exact) mass is 513 g/mol. The van der Waals surface area contributed by atoms with Crippen LogP contribution in [0.5, 0.6) is 0 Å². The lowest BCUT2D eigenvalue weighted by Gasteiger charge is -2.41. The molecular weight excluding hydrogens is 485 g/mol. The Morgan fingerprint density at radius 1 is 1.06 bits per heavy atom. The van der Waals surface area contributed by atoms with Gasteiger partial charge in [-0.25, -0.2) is 12.8 Å². The van der Waals surface area contributed by atoms with Crippen LogP contribution < -0.4 is 0 Å². The van der Waals surface area contributed by atoms with Crippen LogP contribution in [0.25, 0.3) is 0 Å². The van der Waals surface area contributed by atoms with Gasteiger partial charge < -0.3 is 4.90 Å². The number of carbonyl (C=O) groups is 1. The molecule has 0 radical (unpaired) electrons. The van der Waals surface area contributed by atoms with E-state index in [1.54, 1.807) is 58.7 Å². The molecule has 3 aromatic rings. The first kappa shape index (κ1) is 24.1. The van der Waals surface area contributed by atoms with Crippen molar-refractivity contribution in [2.24, 2.45) is 0 Å². The molecule has 3 heterocycles. The van der Waals surface area contributed by atoms with Gasteiger partial charge >= 0.3 is 0 Å². The maximum atomic E-state index is 14.1. The van der Waals surface area contributed by atoms with Gasteiger partial charge in [0.1, 0.15) is 5.82 Å². The molecule has 1 amide bonds. The van der Waals surface area contributed by atoms with Gasteiger partial charge in [0.25, 0.3) is 0 Å². The van der Waals surface area contributed by atoms with Gasteiger partial charge in [-0.2, -0.15) is 4.31 Å². The molecule has 9 heteroatoms. The summed E-state index contributed by atoms with van der Waals surface area (Å²) in [4.78, 5) is 18.8. The molecule has 6 nitrogen and oxygen atoms in total. The van der Waals surface area contributed by atoms with Crippen LogP contribution in [0.4, 0.5) is 4.39 Å². The van der Waals surface area contributed by atoms with Gasteiger partial charge in [-0.05, 0) is 60.2 Å². The van der Waals surface area contributed by atoms with Crippen molar-refractivity contribution in [3.05, 3.63) is 87.9 Å². The number of carbonyl (C=O) groups excluding carboxylic acids is 1. The quantitative estimate of drug-likeness (QED) is 0.521. The molecule has 0 N–H and O–H groups in total. The fraction of sp³-hybridized carbons (Fsp3) is 0.346. The first-order valence-electron chi connectivity index (χ1n) is 11.7. The Bertz CT molecular complexity index is 1310. The highest BCUT2D eigenvalue weighted by Crippen LogP contribution is 2.38. The second kappa shape index (κ2) is 9.81. The van der Waals surface area contributed by atoms with E-state index in [1.807, 2.05) is 13.0 Å². The van der Waals surface area contributed by atoms with Gasteiger partial charge in [0.05, 0.1) is 17.5 Å². The Kier molecular flexibility index (Phi) is 6.76. The molecule has 2 aliphatic heterocycles. The molecule has 2 atom stereocenters. The van der Waals surface area contributed by atoms with E-state index in [2.05, 4.69) is 16.3 Å². The number of rotatable bonds is 5. The number of benzene rings is 2. The van der Waals surface area contributed by atoms with Gasteiger partial charge in [-0.15, -0.1) is 11.3 Å². The summed E-state index contributed by atoms with van der Waals surface area (Å²) in [6, 6.07) is 16.6. The average molecular weight is 514 g/mol. The first-order chi connectivity index (χ1) is 16.8. The topological polar surface area (TPSA) is 60.9 Å². The van der Waals surface area contributed by atoms with E-state index in [4.69, 9.17) is 0 Å². The summed E-state index contributed by atoms with van der Waals surface area (Å²) < 4.78 is 41.7. The molecule has 0 saturated carbocycles. The van der Waals surface area contributed by atoms with E-state index in [0.29, 0.717) is 19.6 Å². The second-order valence-electron chi connectivity index (χ2n) is 9.09. The molecule has 0 unspecified atom stereocenters. The largest absolute Gasteiger partial charge is 0.339 e. The van der Waals surface area contributed by atoms with Crippen molar-refractivity contribution in [2.75, 3.05) is 32.7 Å². The minimum atomic E-state index is -3.61. The molecule has 184 valence electrons. The lowest BCUT2D eigenvalue weighted by atomic mass is 9.93. The van der Waals surface area contributed by atoms with Crippen LogP contribution in [0.2, 0.25) is 0 Å². The van der Waals surface area contributed by atoms with Crippen LogP contribution in [-0.2, 0) is 21.2 Å². The summed E-state index contributed by atoms with van der Waals surface area (Å²) in [5, 5.41) is 2.05. The van der Waals surface area contributed by atoms with E-state index in [1.165, 1.54) is 15.2 Å². The number of halogens is 1. The smallest absolute Gasteiger partial charge is 0.243 e. The fourth-order valence-corrected chi connectivity index (χ4v) is 7.67. The van der Waals surface area contributed by atoms with Crippen molar-refractivity contribution in [3.8, 4) is 0 Å². The SMILES string of the molecule is C[C@H]1CN(C(=O)CN2CCc3sccc3[C@@H]2c2cccc(F)c2)CCN1S(=O)(=O)c1ccccc1. The number of piperazine rings is 1. The minimum absolute atomic E-state index is 0.0336. The Morgan fingerprint density at radius 2 is 1.86 bits per heavy atom. The molecule has 1 aromatic heterocycles. The fourth-order valence-electron chi connectivity index (χ4n) is 5.13. The van der Waals surface area contributed by atoms with E-state index in [0.717, 1.165) is 17.5 Å². The first-order valence-corrected chi connectivity index (χ1v) is 14.1. The van der Waals surface area contributed by atoms with Crippen LogP contribution in [0.3, 0.4) is 0 Å². The summed E-state index contributed by atoms with van der Waals surface area (Å²) in [7, 11) is -3.61. The van der Waals surface area contributed by atoms with Gasteiger partial charge in [-0.3, -0.25) is 9.69 Å². The van der Waals surface area contributed by atoms with Gasteiger partial charge in [0.2, 0.25) is 15.9 Å². The minimum Gasteiger partial charge on any atom is -0.339 e. The van der Waals surface area contributed by atoms with Crippen molar-refractivity contribution in [1.82, 2.24) is 14.1 Å². The van der Waals surface area contributed by atoms with E-state index in [-0.39, 0.29) is 41.8 Å². The number of hydrogen-bond acceptors (Lipinski definition) is 5. The second-order valence-corrected chi connectivity index (χ2v) is 12.0. The third-order valence-electron chi connectivity index (χ3n) is 6.84. The van der Waals surface area contributed by atoms with Gasteiger partial charge in [0, 0.05) is 37.1 Å². The zero-order chi connectivity index (χ0) is 24.6. The van der Waals surface area contributed by atoms with Crippen molar-refractivity contribution in [3.63, 3.8) is 0 Å². The molecule has 0 spiro atoms. The number of fused-ring (bicyclic) bond motifs is 1. The number of thiophene rings is 1. The third kappa shape index (κ3) is 4.78. The highest BCUT2D eigenvalue weighted by molar-refractivity contribution is 7.89. The Hall–Kier alpha value is -2.59. The molecule has 0 bridgehead atoms. The van der Waals surface area contributed by atoms with Crippen LogP contribution in [0.15, 0.2) is 70.9 Å². The van der Waals surface area contributed by atoms with Crippen molar-refractivity contribution in [2.45, 2.75) is 30.3 Å². The van der Waals surface area contributed by atoms with Gasteiger partial charge in [-0.1, -0.05) is 30.3 Å². The van der Waals surface area contributed by atoms with Crippen LogP contribution >= 0.6 is 11.3 Å². The molecule has 1 saturated heterocycles. The molecule has 0 aliphatic carbocycles. The molecule has 1 fully saturated rings. The highest BCUT2D eigenvalue weighted by atomic mass is 32.2. The normalized spacial score (nSPS) is 21.6.